The van der Waals surface area contributed by atoms with E-state index >= 15 is 0 Å². The Balaban J connectivity index is 1.65. The molecule has 2 aromatic rings. The van der Waals surface area contributed by atoms with Crippen LogP contribution in [0.15, 0.2) is 23.0 Å². The van der Waals surface area contributed by atoms with Gasteiger partial charge >= 0.3 is 0 Å². The standard InChI is InChI=1S/C17H21N5O3/c1-3-12-7-16(25-21-12)17(24)19-9-13-8-18-10-14(20-13)15-5-4-6-22(15)11(2)23/h7-8,10,15H,3-6,9H2,1-2H3,(H,19,24)/t15-/m0/s1. The van der Waals surface area contributed by atoms with Crippen molar-refractivity contribution in [2.45, 2.75) is 45.7 Å². The zero-order valence-electron chi connectivity index (χ0n) is 14.4. The second-order valence-electron chi connectivity index (χ2n) is 6.02. The Hall–Kier alpha value is -2.77. The highest BCUT2D eigenvalue weighted by Crippen LogP contribution is 2.30. The molecular weight excluding hydrogens is 322 g/mol. The lowest BCUT2D eigenvalue weighted by atomic mass is 10.1. The number of carbonyl (C=O) groups excluding carboxylic acids is 2. The number of aryl methyl sites for hydroxylation is 1. The molecule has 1 aliphatic heterocycles. The average Bonchev–Trinajstić information content (AvgIpc) is 3.29. The van der Waals surface area contributed by atoms with Crippen molar-refractivity contribution in [3.8, 4) is 0 Å². The van der Waals surface area contributed by atoms with Gasteiger partial charge in [-0.3, -0.25) is 19.6 Å². The van der Waals surface area contributed by atoms with Crippen molar-refractivity contribution in [1.29, 1.82) is 0 Å². The highest BCUT2D eigenvalue weighted by atomic mass is 16.5. The molecule has 8 heteroatoms. The molecule has 1 N–H and O–H groups in total. The Bertz CT molecular complexity index is 773. The molecule has 132 valence electrons. The number of amides is 2. The summed E-state index contributed by atoms with van der Waals surface area (Å²) >= 11 is 0. The van der Waals surface area contributed by atoms with Crippen LogP contribution >= 0.6 is 0 Å². The van der Waals surface area contributed by atoms with E-state index in [1.54, 1.807) is 25.4 Å². The molecule has 3 heterocycles. The molecule has 0 spiro atoms. The Labute approximate surface area is 145 Å². The molecule has 0 aliphatic carbocycles. The van der Waals surface area contributed by atoms with Gasteiger partial charge < -0.3 is 14.7 Å². The Kier molecular flexibility index (Phi) is 5.06. The van der Waals surface area contributed by atoms with Crippen molar-refractivity contribution in [3.63, 3.8) is 0 Å². The summed E-state index contributed by atoms with van der Waals surface area (Å²) in [6.45, 7) is 4.48. The number of carbonyl (C=O) groups is 2. The van der Waals surface area contributed by atoms with Gasteiger partial charge in [-0.05, 0) is 19.3 Å². The molecule has 0 aromatic carbocycles. The van der Waals surface area contributed by atoms with Gasteiger partial charge in [0.2, 0.25) is 11.7 Å². The molecule has 1 atom stereocenters. The Morgan fingerprint density at radius 3 is 2.92 bits per heavy atom. The van der Waals surface area contributed by atoms with E-state index in [0.717, 1.165) is 30.8 Å². The molecule has 1 fully saturated rings. The van der Waals surface area contributed by atoms with Crippen LogP contribution in [0.25, 0.3) is 0 Å². The molecule has 1 saturated heterocycles. The van der Waals surface area contributed by atoms with Gasteiger partial charge in [0.15, 0.2) is 0 Å². The van der Waals surface area contributed by atoms with Crippen LogP contribution in [0, 0.1) is 0 Å². The maximum Gasteiger partial charge on any atom is 0.290 e. The van der Waals surface area contributed by atoms with Gasteiger partial charge in [-0.25, -0.2) is 0 Å². The fraction of sp³-hybridized carbons (Fsp3) is 0.471. The molecule has 0 radical (unpaired) electrons. The van der Waals surface area contributed by atoms with E-state index in [1.165, 1.54) is 0 Å². The maximum absolute atomic E-state index is 12.1. The molecule has 3 rings (SSSR count). The fourth-order valence-corrected chi connectivity index (χ4v) is 2.96. The third-order valence-electron chi connectivity index (χ3n) is 4.28. The molecule has 2 amide bonds. The van der Waals surface area contributed by atoms with Crippen LogP contribution < -0.4 is 5.32 Å². The number of hydrogen-bond donors (Lipinski definition) is 1. The number of nitrogens with zero attached hydrogens (tertiary/aromatic N) is 4. The second kappa shape index (κ2) is 7.42. The summed E-state index contributed by atoms with van der Waals surface area (Å²) in [5.74, 6) is -0.120. The van der Waals surface area contributed by atoms with Crippen molar-refractivity contribution in [1.82, 2.24) is 25.3 Å². The Morgan fingerprint density at radius 1 is 1.36 bits per heavy atom. The van der Waals surface area contributed by atoms with Crippen molar-refractivity contribution in [2.24, 2.45) is 0 Å². The van der Waals surface area contributed by atoms with Crippen LogP contribution in [0.3, 0.4) is 0 Å². The summed E-state index contributed by atoms with van der Waals surface area (Å²) < 4.78 is 5.01. The second-order valence-corrected chi connectivity index (χ2v) is 6.02. The van der Waals surface area contributed by atoms with Crippen LogP contribution in [0.4, 0.5) is 0 Å². The average molecular weight is 343 g/mol. The van der Waals surface area contributed by atoms with Crippen LogP contribution in [0.5, 0.6) is 0 Å². The Morgan fingerprint density at radius 2 is 2.20 bits per heavy atom. The summed E-state index contributed by atoms with van der Waals surface area (Å²) in [5, 5.41) is 6.55. The third kappa shape index (κ3) is 3.84. The minimum absolute atomic E-state index is 0.0398. The van der Waals surface area contributed by atoms with E-state index < -0.39 is 0 Å². The van der Waals surface area contributed by atoms with Gasteiger partial charge in [-0.1, -0.05) is 12.1 Å². The van der Waals surface area contributed by atoms with Crippen molar-refractivity contribution in [3.05, 3.63) is 41.3 Å². The predicted molar refractivity (Wildman–Crippen MR) is 88.4 cm³/mol. The maximum atomic E-state index is 12.1. The molecule has 8 nitrogen and oxygen atoms in total. The first-order valence-electron chi connectivity index (χ1n) is 8.40. The van der Waals surface area contributed by atoms with E-state index in [9.17, 15) is 9.59 Å². The van der Waals surface area contributed by atoms with E-state index in [-0.39, 0.29) is 30.2 Å². The summed E-state index contributed by atoms with van der Waals surface area (Å²) in [7, 11) is 0. The molecular formula is C17H21N5O3. The smallest absolute Gasteiger partial charge is 0.290 e. The first kappa shape index (κ1) is 17.1. The highest BCUT2D eigenvalue weighted by molar-refractivity contribution is 5.91. The van der Waals surface area contributed by atoms with E-state index in [4.69, 9.17) is 4.52 Å². The lowest BCUT2D eigenvalue weighted by Gasteiger charge is -2.22. The largest absolute Gasteiger partial charge is 0.351 e. The number of hydrogen-bond acceptors (Lipinski definition) is 6. The zero-order chi connectivity index (χ0) is 17.8. The molecule has 25 heavy (non-hydrogen) atoms. The number of aromatic nitrogens is 3. The molecule has 2 aromatic heterocycles. The zero-order valence-corrected chi connectivity index (χ0v) is 14.4. The predicted octanol–water partition coefficient (Wildman–Crippen LogP) is 1.64. The monoisotopic (exact) mass is 343 g/mol. The van der Waals surface area contributed by atoms with E-state index in [2.05, 4.69) is 20.4 Å². The first-order valence-corrected chi connectivity index (χ1v) is 8.40. The van der Waals surface area contributed by atoms with Crippen molar-refractivity contribution >= 4 is 11.8 Å². The minimum Gasteiger partial charge on any atom is -0.351 e. The SMILES string of the molecule is CCc1cc(C(=O)NCc2cncc([C@@H]3CCCN3C(C)=O)n2)on1. The molecule has 0 unspecified atom stereocenters. The normalized spacial score (nSPS) is 16.9. The third-order valence-corrected chi connectivity index (χ3v) is 4.28. The minimum atomic E-state index is -0.342. The summed E-state index contributed by atoms with van der Waals surface area (Å²) in [5.41, 5.74) is 2.13. The number of nitrogens with one attached hydrogen (secondary N) is 1. The van der Waals surface area contributed by atoms with Gasteiger partial charge in [0.05, 0.1) is 42.1 Å². The summed E-state index contributed by atoms with van der Waals surface area (Å²) in [6.07, 6.45) is 5.83. The van der Waals surface area contributed by atoms with Crippen molar-refractivity contribution < 1.29 is 14.1 Å². The lowest BCUT2D eigenvalue weighted by molar-refractivity contribution is -0.129. The quantitative estimate of drug-likeness (QED) is 0.885. The van der Waals surface area contributed by atoms with Gasteiger partial charge in [0.1, 0.15) is 0 Å². The topological polar surface area (TPSA) is 101 Å². The van der Waals surface area contributed by atoms with Gasteiger partial charge in [-0.2, -0.15) is 0 Å². The molecule has 1 aliphatic rings. The molecule has 0 saturated carbocycles. The number of likely N-dealkylation sites (tertiary alicyclic amines) is 1. The van der Waals surface area contributed by atoms with E-state index in [1.807, 2.05) is 11.8 Å². The summed E-state index contributed by atoms with van der Waals surface area (Å²) in [4.78, 5) is 34.4. The van der Waals surface area contributed by atoms with Gasteiger partial charge in [0.25, 0.3) is 5.91 Å². The van der Waals surface area contributed by atoms with E-state index in [0.29, 0.717) is 12.1 Å². The van der Waals surface area contributed by atoms with Crippen LogP contribution in [0.2, 0.25) is 0 Å². The lowest BCUT2D eigenvalue weighted by Crippen LogP contribution is -2.29. The molecule has 0 bridgehead atoms. The van der Waals surface area contributed by atoms with Gasteiger partial charge in [0, 0.05) is 19.5 Å². The fourth-order valence-electron chi connectivity index (χ4n) is 2.96. The first-order chi connectivity index (χ1) is 12.1. The summed E-state index contributed by atoms with van der Waals surface area (Å²) in [6, 6.07) is 1.59. The number of rotatable bonds is 5. The van der Waals surface area contributed by atoms with Crippen LogP contribution in [-0.2, 0) is 17.8 Å². The van der Waals surface area contributed by atoms with Gasteiger partial charge in [-0.15, -0.1) is 0 Å². The van der Waals surface area contributed by atoms with Crippen LogP contribution in [-0.4, -0.2) is 38.4 Å². The van der Waals surface area contributed by atoms with Crippen LogP contribution in [0.1, 0.15) is 60.4 Å². The van der Waals surface area contributed by atoms with Crippen molar-refractivity contribution in [2.75, 3.05) is 6.54 Å². The highest BCUT2D eigenvalue weighted by Gasteiger charge is 2.29.